The van der Waals surface area contributed by atoms with Gasteiger partial charge in [-0.3, -0.25) is 4.79 Å². The summed E-state index contributed by atoms with van der Waals surface area (Å²) in [6.07, 6.45) is -5.91. The van der Waals surface area contributed by atoms with Gasteiger partial charge in [-0.05, 0) is 47.2 Å². The van der Waals surface area contributed by atoms with Crippen molar-refractivity contribution in [2.45, 2.75) is 19.0 Å². The van der Waals surface area contributed by atoms with E-state index in [0.717, 1.165) is 5.56 Å². The van der Waals surface area contributed by atoms with E-state index in [4.69, 9.17) is 0 Å². The molecule has 0 radical (unpaired) electrons. The number of carbonyl (C=O) groups excluding carboxylic acids is 1. The summed E-state index contributed by atoms with van der Waals surface area (Å²) >= 11 is 1.87. The van der Waals surface area contributed by atoms with Crippen LogP contribution in [0.3, 0.4) is 0 Å². The largest absolute Gasteiger partial charge is 0.463 e. The van der Waals surface area contributed by atoms with Gasteiger partial charge >= 0.3 is 18.0 Å². The molecule has 100 valence electrons. The molecule has 1 aromatic carbocycles. The molecule has 0 aliphatic heterocycles. The molecule has 2 nitrogen and oxygen atoms in total. The summed E-state index contributed by atoms with van der Waals surface area (Å²) in [7, 11) is 0. The number of amides is 1. The third-order valence-corrected chi connectivity index (χ3v) is 3.23. The lowest BCUT2D eigenvalue weighted by Crippen LogP contribution is -2.47. The molecular formula is C10H7F5INO. The zero-order valence-electron chi connectivity index (χ0n) is 8.91. The highest BCUT2D eigenvalue weighted by Crippen LogP contribution is 2.36. The Morgan fingerprint density at radius 1 is 1.22 bits per heavy atom. The molecule has 0 saturated heterocycles. The van der Waals surface area contributed by atoms with Gasteiger partial charge in [-0.1, -0.05) is 6.07 Å². The molecule has 0 heterocycles. The van der Waals surface area contributed by atoms with Crippen LogP contribution >= 0.6 is 22.6 Å². The topological polar surface area (TPSA) is 29.1 Å². The quantitative estimate of drug-likeness (QED) is 0.616. The van der Waals surface area contributed by atoms with Gasteiger partial charge in [0.2, 0.25) is 0 Å². The van der Waals surface area contributed by atoms with E-state index in [2.05, 4.69) is 0 Å². The van der Waals surface area contributed by atoms with Gasteiger partial charge in [0, 0.05) is 9.26 Å². The van der Waals surface area contributed by atoms with Crippen LogP contribution < -0.4 is 5.32 Å². The Morgan fingerprint density at radius 3 is 2.22 bits per heavy atom. The van der Waals surface area contributed by atoms with E-state index < -0.39 is 18.0 Å². The lowest BCUT2D eigenvalue weighted by molar-refractivity contribution is -0.267. The lowest BCUT2D eigenvalue weighted by Gasteiger charge is -2.18. The molecule has 0 fully saturated rings. The summed E-state index contributed by atoms with van der Waals surface area (Å²) in [5.74, 6) is -7.81. The Kier molecular flexibility index (Phi) is 4.19. The summed E-state index contributed by atoms with van der Waals surface area (Å²) in [4.78, 5) is 10.9. The van der Waals surface area contributed by atoms with Crippen molar-refractivity contribution in [2.24, 2.45) is 0 Å². The number of aryl methyl sites for hydroxylation is 1. The Balaban J connectivity index is 2.91. The van der Waals surface area contributed by atoms with Gasteiger partial charge in [-0.2, -0.15) is 22.0 Å². The van der Waals surface area contributed by atoms with E-state index in [-0.39, 0.29) is 5.69 Å². The number of hydrogen-bond acceptors (Lipinski definition) is 1. The molecular weight excluding hydrogens is 372 g/mol. The second kappa shape index (κ2) is 4.98. The second-order valence-electron chi connectivity index (χ2n) is 3.49. The number of nitrogens with one attached hydrogen (secondary N) is 1. The fourth-order valence-electron chi connectivity index (χ4n) is 1.01. The number of halogens is 6. The Morgan fingerprint density at radius 2 is 1.78 bits per heavy atom. The van der Waals surface area contributed by atoms with Crippen molar-refractivity contribution in [3.8, 4) is 0 Å². The van der Waals surface area contributed by atoms with Gasteiger partial charge in [0.1, 0.15) is 0 Å². The van der Waals surface area contributed by atoms with E-state index in [1.54, 1.807) is 12.2 Å². The van der Waals surface area contributed by atoms with Crippen molar-refractivity contribution < 1.29 is 26.7 Å². The van der Waals surface area contributed by atoms with Crippen LogP contribution in [0.5, 0.6) is 0 Å². The zero-order chi connectivity index (χ0) is 14.1. The number of hydrogen-bond donors (Lipinski definition) is 1. The molecule has 0 aliphatic carbocycles. The number of anilines is 1. The van der Waals surface area contributed by atoms with Gasteiger partial charge in [0.25, 0.3) is 0 Å². The number of alkyl halides is 5. The second-order valence-corrected chi connectivity index (χ2v) is 4.65. The molecule has 1 aromatic rings. The van der Waals surface area contributed by atoms with E-state index in [1.165, 1.54) is 18.2 Å². The number of benzene rings is 1. The minimum Gasteiger partial charge on any atom is -0.320 e. The SMILES string of the molecule is Cc1ccc(NC(=O)C(F)(F)C(F)(F)F)cc1I. The van der Waals surface area contributed by atoms with Crippen LogP contribution in [0, 0.1) is 10.5 Å². The fraction of sp³-hybridized carbons (Fsp3) is 0.300. The first kappa shape index (κ1) is 15.1. The van der Waals surface area contributed by atoms with Crippen LogP contribution in [-0.4, -0.2) is 18.0 Å². The van der Waals surface area contributed by atoms with Crippen molar-refractivity contribution >= 4 is 34.2 Å². The summed E-state index contributed by atoms with van der Waals surface area (Å²) in [5.41, 5.74) is 0.704. The average Bonchev–Trinajstić information content (AvgIpc) is 2.21. The third-order valence-electron chi connectivity index (χ3n) is 2.07. The minimum atomic E-state index is -5.91. The highest BCUT2D eigenvalue weighted by atomic mass is 127. The molecule has 0 aromatic heterocycles. The number of carbonyl (C=O) groups is 1. The molecule has 0 saturated carbocycles. The highest BCUT2D eigenvalue weighted by molar-refractivity contribution is 14.1. The molecule has 0 bridgehead atoms. The maximum Gasteiger partial charge on any atom is 0.463 e. The molecule has 0 aliphatic rings. The minimum absolute atomic E-state index is 0.112. The van der Waals surface area contributed by atoms with Gasteiger partial charge in [0.15, 0.2) is 0 Å². The first-order valence-corrected chi connectivity index (χ1v) is 5.65. The normalized spacial score (nSPS) is 12.4. The van der Waals surface area contributed by atoms with Gasteiger partial charge in [-0.25, -0.2) is 0 Å². The summed E-state index contributed by atoms with van der Waals surface area (Å²) in [6, 6.07) is 4.06. The van der Waals surface area contributed by atoms with Crippen LogP contribution in [0.1, 0.15) is 5.56 Å². The van der Waals surface area contributed by atoms with Gasteiger partial charge < -0.3 is 5.32 Å². The fourth-order valence-corrected chi connectivity index (χ4v) is 1.52. The van der Waals surface area contributed by atoms with Gasteiger partial charge in [-0.15, -0.1) is 0 Å². The van der Waals surface area contributed by atoms with Crippen molar-refractivity contribution in [3.63, 3.8) is 0 Å². The summed E-state index contributed by atoms with van der Waals surface area (Å²) in [5, 5.41) is 1.54. The molecule has 0 atom stereocenters. The van der Waals surface area contributed by atoms with Crippen LogP contribution in [0.15, 0.2) is 18.2 Å². The predicted octanol–water partition coefficient (Wildman–Crippen LogP) is 3.74. The van der Waals surface area contributed by atoms with E-state index in [1.807, 2.05) is 22.6 Å². The van der Waals surface area contributed by atoms with Crippen LogP contribution in [0.2, 0.25) is 0 Å². The summed E-state index contributed by atoms with van der Waals surface area (Å²) < 4.78 is 61.7. The predicted molar refractivity (Wildman–Crippen MR) is 63.5 cm³/mol. The zero-order valence-corrected chi connectivity index (χ0v) is 11.1. The van der Waals surface area contributed by atoms with Crippen LogP contribution in [0.4, 0.5) is 27.6 Å². The molecule has 18 heavy (non-hydrogen) atoms. The highest BCUT2D eigenvalue weighted by Gasteiger charge is 2.63. The maximum atomic E-state index is 12.7. The van der Waals surface area contributed by atoms with E-state index >= 15 is 0 Å². The first-order valence-electron chi connectivity index (χ1n) is 4.58. The van der Waals surface area contributed by atoms with E-state index in [9.17, 15) is 26.7 Å². The molecule has 1 amide bonds. The molecule has 1 rings (SSSR count). The monoisotopic (exact) mass is 379 g/mol. The molecule has 8 heteroatoms. The Bertz CT molecular complexity index is 472. The van der Waals surface area contributed by atoms with Crippen molar-refractivity contribution in [3.05, 3.63) is 27.3 Å². The Hall–Kier alpha value is -0.930. The van der Waals surface area contributed by atoms with Crippen molar-refractivity contribution in [1.82, 2.24) is 0 Å². The average molecular weight is 379 g/mol. The van der Waals surface area contributed by atoms with Gasteiger partial charge in [0.05, 0.1) is 0 Å². The first-order chi connectivity index (χ1) is 8.05. The lowest BCUT2D eigenvalue weighted by atomic mass is 10.2. The van der Waals surface area contributed by atoms with E-state index in [0.29, 0.717) is 3.57 Å². The maximum absolute atomic E-state index is 12.7. The smallest absolute Gasteiger partial charge is 0.320 e. The third kappa shape index (κ3) is 3.09. The van der Waals surface area contributed by atoms with Crippen molar-refractivity contribution in [2.75, 3.05) is 5.32 Å². The van der Waals surface area contributed by atoms with Crippen LogP contribution in [0.25, 0.3) is 0 Å². The van der Waals surface area contributed by atoms with Crippen molar-refractivity contribution in [1.29, 1.82) is 0 Å². The molecule has 1 N–H and O–H groups in total. The summed E-state index contributed by atoms with van der Waals surface area (Å²) in [6.45, 7) is 1.73. The van der Waals surface area contributed by atoms with Crippen LogP contribution in [-0.2, 0) is 4.79 Å². The number of rotatable bonds is 2. The molecule has 0 spiro atoms. The Labute approximate surface area is 113 Å². The standard InChI is InChI=1S/C10H7F5INO/c1-5-2-3-6(4-7(5)16)17-8(18)9(11,12)10(13,14)15/h2-4H,1H3,(H,17,18). The molecule has 0 unspecified atom stereocenters.